The van der Waals surface area contributed by atoms with Crippen molar-refractivity contribution in [2.24, 2.45) is 11.7 Å². The van der Waals surface area contributed by atoms with Crippen LogP contribution in [0.3, 0.4) is 0 Å². The molecule has 3 rings (SSSR count). The molecule has 2 heteroatoms. The van der Waals surface area contributed by atoms with Crippen LogP contribution in [0.15, 0.2) is 42.5 Å². The van der Waals surface area contributed by atoms with Crippen LogP contribution in [0.4, 0.5) is 0 Å². The van der Waals surface area contributed by atoms with Gasteiger partial charge in [-0.1, -0.05) is 42.5 Å². The monoisotopic (exact) mass is 240 g/mol. The van der Waals surface area contributed by atoms with Crippen LogP contribution >= 0.6 is 0 Å². The molecule has 1 unspecified atom stereocenters. The predicted octanol–water partition coefficient (Wildman–Crippen LogP) is 2.84. The fraction of sp³-hybridized carbons (Fsp3) is 0.375. The molecule has 0 heterocycles. The van der Waals surface area contributed by atoms with E-state index in [0.717, 1.165) is 12.5 Å². The Hall–Kier alpha value is -1.38. The number of rotatable bonds is 5. The molecular formula is C16H20N2. The molecule has 0 bridgehead atoms. The standard InChI is InChI=1S/C16H20N2/c17-10-16(18-11-12-8-9-12)15-7-3-5-13-4-1-2-6-14(13)15/h1-7,12,16,18H,8-11,17H2. The molecule has 0 saturated heterocycles. The van der Waals surface area contributed by atoms with E-state index in [9.17, 15) is 0 Å². The smallest absolute Gasteiger partial charge is 0.0450 e. The van der Waals surface area contributed by atoms with Gasteiger partial charge >= 0.3 is 0 Å². The van der Waals surface area contributed by atoms with Crippen LogP contribution in [0.5, 0.6) is 0 Å². The van der Waals surface area contributed by atoms with E-state index >= 15 is 0 Å². The Kier molecular flexibility index (Phi) is 3.31. The van der Waals surface area contributed by atoms with Crippen LogP contribution in [0.25, 0.3) is 10.8 Å². The highest BCUT2D eigenvalue weighted by Crippen LogP contribution is 2.29. The summed E-state index contributed by atoms with van der Waals surface area (Å²) in [6.45, 7) is 1.76. The lowest BCUT2D eigenvalue weighted by molar-refractivity contribution is 0.525. The second kappa shape index (κ2) is 5.09. The van der Waals surface area contributed by atoms with Crippen molar-refractivity contribution in [3.63, 3.8) is 0 Å². The van der Waals surface area contributed by atoms with Crippen molar-refractivity contribution in [3.8, 4) is 0 Å². The molecule has 1 aliphatic rings. The molecule has 0 aliphatic heterocycles. The molecule has 2 aromatic carbocycles. The Morgan fingerprint density at radius 1 is 1.11 bits per heavy atom. The van der Waals surface area contributed by atoms with Crippen LogP contribution in [0.2, 0.25) is 0 Å². The Labute approximate surface area is 108 Å². The van der Waals surface area contributed by atoms with Crippen LogP contribution in [0.1, 0.15) is 24.4 Å². The molecule has 18 heavy (non-hydrogen) atoms. The highest BCUT2D eigenvalue weighted by Gasteiger charge is 2.22. The fourth-order valence-electron chi connectivity index (χ4n) is 2.51. The van der Waals surface area contributed by atoms with Crippen molar-refractivity contribution in [2.45, 2.75) is 18.9 Å². The molecule has 3 N–H and O–H groups in total. The third-order valence-corrected chi connectivity index (χ3v) is 3.78. The Bertz CT molecular complexity index is 526. The summed E-state index contributed by atoms with van der Waals surface area (Å²) in [5.74, 6) is 0.883. The summed E-state index contributed by atoms with van der Waals surface area (Å²) in [5, 5.41) is 6.23. The van der Waals surface area contributed by atoms with Gasteiger partial charge in [-0.3, -0.25) is 0 Å². The number of nitrogens with two attached hydrogens (primary N) is 1. The van der Waals surface area contributed by atoms with Gasteiger partial charge in [0.1, 0.15) is 0 Å². The highest BCUT2D eigenvalue weighted by atomic mass is 14.9. The van der Waals surface area contributed by atoms with E-state index in [0.29, 0.717) is 6.54 Å². The quantitative estimate of drug-likeness (QED) is 0.843. The zero-order valence-corrected chi connectivity index (χ0v) is 10.6. The van der Waals surface area contributed by atoms with Crippen LogP contribution in [-0.4, -0.2) is 13.1 Å². The van der Waals surface area contributed by atoms with E-state index in [1.54, 1.807) is 0 Å². The average molecular weight is 240 g/mol. The molecule has 0 aromatic heterocycles. The van der Waals surface area contributed by atoms with E-state index in [-0.39, 0.29) is 6.04 Å². The minimum atomic E-state index is 0.275. The summed E-state index contributed by atoms with van der Waals surface area (Å²) in [5.41, 5.74) is 7.27. The van der Waals surface area contributed by atoms with Crippen molar-refractivity contribution in [1.29, 1.82) is 0 Å². The molecule has 1 aliphatic carbocycles. The first-order chi connectivity index (χ1) is 8.88. The van der Waals surface area contributed by atoms with Crippen LogP contribution in [-0.2, 0) is 0 Å². The van der Waals surface area contributed by atoms with Crippen molar-refractivity contribution in [2.75, 3.05) is 13.1 Å². The summed E-state index contributed by atoms with van der Waals surface area (Å²) >= 11 is 0. The van der Waals surface area contributed by atoms with Gasteiger partial charge in [0.2, 0.25) is 0 Å². The molecule has 1 atom stereocenters. The van der Waals surface area contributed by atoms with E-state index in [4.69, 9.17) is 5.73 Å². The predicted molar refractivity (Wildman–Crippen MR) is 76.5 cm³/mol. The van der Waals surface area contributed by atoms with Gasteiger partial charge in [-0.05, 0) is 41.6 Å². The maximum Gasteiger partial charge on any atom is 0.0450 e. The van der Waals surface area contributed by atoms with E-state index < -0.39 is 0 Å². The third-order valence-electron chi connectivity index (χ3n) is 3.78. The normalized spacial score (nSPS) is 16.9. The first-order valence-electron chi connectivity index (χ1n) is 6.79. The largest absolute Gasteiger partial charge is 0.329 e. The summed E-state index contributed by atoms with van der Waals surface area (Å²) < 4.78 is 0. The van der Waals surface area contributed by atoms with Crippen LogP contribution in [0, 0.1) is 5.92 Å². The molecule has 94 valence electrons. The molecular weight excluding hydrogens is 220 g/mol. The first kappa shape index (κ1) is 11.7. The van der Waals surface area contributed by atoms with E-state index in [2.05, 4.69) is 47.8 Å². The van der Waals surface area contributed by atoms with E-state index in [1.807, 2.05) is 0 Å². The Morgan fingerprint density at radius 3 is 2.67 bits per heavy atom. The second-order valence-electron chi connectivity index (χ2n) is 5.21. The topological polar surface area (TPSA) is 38.0 Å². The number of nitrogens with one attached hydrogen (secondary N) is 1. The maximum absolute atomic E-state index is 5.94. The van der Waals surface area contributed by atoms with E-state index in [1.165, 1.54) is 29.2 Å². The number of benzene rings is 2. The lowest BCUT2D eigenvalue weighted by atomic mass is 9.98. The molecule has 2 aromatic rings. The zero-order chi connectivity index (χ0) is 12.4. The van der Waals surface area contributed by atoms with Crippen molar-refractivity contribution < 1.29 is 0 Å². The number of fused-ring (bicyclic) bond motifs is 1. The Balaban J connectivity index is 1.89. The first-order valence-corrected chi connectivity index (χ1v) is 6.79. The number of hydrogen-bond donors (Lipinski definition) is 2. The molecule has 2 nitrogen and oxygen atoms in total. The number of hydrogen-bond acceptors (Lipinski definition) is 2. The summed E-state index contributed by atoms with van der Waals surface area (Å²) in [4.78, 5) is 0. The zero-order valence-electron chi connectivity index (χ0n) is 10.6. The van der Waals surface area contributed by atoms with Crippen molar-refractivity contribution >= 4 is 10.8 Å². The Morgan fingerprint density at radius 2 is 1.89 bits per heavy atom. The lowest BCUT2D eigenvalue weighted by Crippen LogP contribution is -2.29. The summed E-state index contributed by atoms with van der Waals surface area (Å²) in [7, 11) is 0. The minimum Gasteiger partial charge on any atom is -0.329 e. The molecule has 1 fully saturated rings. The lowest BCUT2D eigenvalue weighted by Gasteiger charge is -2.19. The molecule has 0 spiro atoms. The molecule has 0 radical (unpaired) electrons. The average Bonchev–Trinajstić information content (AvgIpc) is 3.24. The molecule has 0 amide bonds. The highest BCUT2D eigenvalue weighted by molar-refractivity contribution is 5.86. The minimum absolute atomic E-state index is 0.275. The van der Waals surface area contributed by atoms with Gasteiger partial charge in [-0.25, -0.2) is 0 Å². The second-order valence-corrected chi connectivity index (χ2v) is 5.21. The maximum atomic E-state index is 5.94. The summed E-state index contributed by atoms with van der Waals surface area (Å²) in [6, 6.07) is 15.3. The van der Waals surface area contributed by atoms with Gasteiger partial charge in [0, 0.05) is 12.6 Å². The van der Waals surface area contributed by atoms with Gasteiger partial charge < -0.3 is 11.1 Å². The van der Waals surface area contributed by atoms with Gasteiger partial charge in [-0.15, -0.1) is 0 Å². The van der Waals surface area contributed by atoms with Gasteiger partial charge in [0.15, 0.2) is 0 Å². The SMILES string of the molecule is NCC(NCC1CC1)c1cccc2ccccc12. The molecule has 1 saturated carbocycles. The summed E-state index contributed by atoms with van der Waals surface area (Å²) in [6.07, 6.45) is 2.75. The van der Waals surface area contributed by atoms with Crippen LogP contribution < -0.4 is 11.1 Å². The third kappa shape index (κ3) is 2.40. The van der Waals surface area contributed by atoms with Gasteiger partial charge in [-0.2, -0.15) is 0 Å². The van der Waals surface area contributed by atoms with Crippen molar-refractivity contribution in [1.82, 2.24) is 5.32 Å². The van der Waals surface area contributed by atoms with Crippen molar-refractivity contribution in [3.05, 3.63) is 48.0 Å². The van der Waals surface area contributed by atoms with Gasteiger partial charge in [0.05, 0.1) is 0 Å². The van der Waals surface area contributed by atoms with Gasteiger partial charge in [0.25, 0.3) is 0 Å². The fourth-order valence-corrected chi connectivity index (χ4v) is 2.51.